The molecule has 1 aromatic heterocycles. The van der Waals surface area contributed by atoms with E-state index in [0.29, 0.717) is 0 Å². The first-order valence-electron chi connectivity index (χ1n) is 5.29. The smallest absolute Gasteiger partial charge is 0.122 e. The number of aromatic nitrogens is 2. The Morgan fingerprint density at radius 2 is 1.88 bits per heavy atom. The zero-order valence-corrected chi connectivity index (χ0v) is 10.1. The highest BCUT2D eigenvalue weighted by Gasteiger charge is 2.07. The summed E-state index contributed by atoms with van der Waals surface area (Å²) in [6.45, 7) is 6.09. The van der Waals surface area contributed by atoms with E-state index in [1.165, 1.54) is 0 Å². The fraction of sp³-hybridized carbons (Fsp3) is 0.308. The van der Waals surface area contributed by atoms with Crippen molar-refractivity contribution in [2.75, 3.05) is 7.11 Å². The van der Waals surface area contributed by atoms with Crippen molar-refractivity contribution in [1.29, 1.82) is 0 Å². The molecule has 0 aliphatic carbocycles. The summed E-state index contributed by atoms with van der Waals surface area (Å²) >= 11 is 0. The third-order valence-electron chi connectivity index (χ3n) is 2.68. The normalized spacial score (nSPS) is 10.5. The van der Waals surface area contributed by atoms with Gasteiger partial charge in [0.1, 0.15) is 5.75 Å². The van der Waals surface area contributed by atoms with E-state index in [1.807, 2.05) is 36.9 Å². The van der Waals surface area contributed by atoms with Gasteiger partial charge in [0, 0.05) is 6.20 Å². The summed E-state index contributed by atoms with van der Waals surface area (Å²) in [5.41, 5.74) is 4.40. The van der Waals surface area contributed by atoms with Crippen molar-refractivity contribution in [2.45, 2.75) is 20.8 Å². The van der Waals surface area contributed by atoms with Crippen LogP contribution in [0.3, 0.4) is 0 Å². The van der Waals surface area contributed by atoms with Gasteiger partial charge in [0.05, 0.1) is 18.5 Å². The lowest BCUT2D eigenvalue weighted by molar-refractivity contribution is 0.411. The van der Waals surface area contributed by atoms with Crippen LogP contribution in [0.15, 0.2) is 24.4 Å². The Balaban J connectivity index is 2.54. The molecule has 0 spiro atoms. The first-order chi connectivity index (χ1) is 7.61. The fourth-order valence-electron chi connectivity index (χ4n) is 1.79. The molecule has 0 saturated carbocycles. The van der Waals surface area contributed by atoms with E-state index in [-0.39, 0.29) is 0 Å². The Morgan fingerprint density at radius 1 is 1.12 bits per heavy atom. The highest BCUT2D eigenvalue weighted by molar-refractivity contribution is 5.49. The molecule has 1 aromatic carbocycles. The summed E-state index contributed by atoms with van der Waals surface area (Å²) in [6.07, 6.45) is 1.98. The lowest BCUT2D eigenvalue weighted by Crippen LogP contribution is -2.00. The zero-order chi connectivity index (χ0) is 11.7. The van der Waals surface area contributed by atoms with Crippen LogP contribution in [0.2, 0.25) is 0 Å². The van der Waals surface area contributed by atoms with Gasteiger partial charge in [-0.2, -0.15) is 5.10 Å². The zero-order valence-electron chi connectivity index (χ0n) is 10.1. The summed E-state index contributed by atoms with van der Waals surface area (Å²) in [5.74, 6) is 0.921. The first kappa shape index (κ1) is 10.7. The molecule has 2 aromatic rings. The van der Waals surface area contributed by atoms with Gasteiger partial charge in [-0.05, 0) is 50.1 Å². The Kier molecular flexibility index (Phi) is 2.69. The quantitative estimate of drug-likeness (QED) is 0.771. The van der Waals surface area contributed by atoms with Crippen LogP contribution < -0.4 is 4.74 Å². The number of benzene rings is 1. The van der Waals surface area contributed by atoms with Crippen LogP contribution in [0.1, 0.15) is 16.8 Å². The van der Waals surface area contributed by atoms with Gasteiger partial charge in [-0.1, -0.05) is 0 Å². The average Bonchev–Trinajstić information content (AvgIpc) is 2.67. The molecular weight excluding hydrogens is 200 g/mol. The second-order valence-corrected chi connectivity index (χ2v) is 4.01. The number of aryl methyl sites for hydroxylation is 3. The standard InChI is InChI=1S/C13H16N2O/c1-9-8-13(16-4)10(2)7-12(9)15-6-5-11(3)14-15/h5-8H,1-4H3. The van der Waals surface area contributed by atoms with Gasteiger partial charge in [0.15, 0.2) is 0 Å². The van der Waals surface area contributed by atoms with E-state index in [1.54, 1.807) is 7.11 Å². The Bertz CT molecular complexity index is 515. The minimum atomic E-state index is 0.921. The highest BCUT2D eigenvalue weighted by Crippen LogP contribution is 2.24. The second-order valence-electron chi connectivity index (χ2n) is 4.01. The molecular formula is C13H16N2O. The molecule has 0 bridgehead atoms. The average molecular weight is 216 g/mol. The summed E-state index contributed by atoms with van der Waals surface area (Å²) in [4.78, 5) is 0. The van der Waals surface area contributed by atoms with Crippen molar-refractivity contribution in [1.82, 2.24) is 9.78 Å². The maximum atomic E-state index is 5.29. The van der Waals surface area contributed by atoms with Crippen molar-refractivity contribution >= 4 is 0 Å². The molecule has 16 heavy (non-hydrogen) atoms. The molecule has 0 radical (unpaired) electrons. The predicted molar refractivity (Wildman–Crippen MR) is 64.3 cm³/mol. The molecule has 0 N–H and O–H groups in total. The van der Waals surface area contributed by atoms with E-state index >= 15 is 0 Å². The van der Waals surface area contributed by atoms with E-state index in [9.17, 15) is 0 Å². The molecule has 84 valence electrons. The van der Waals surface area contributed by atoms with Gasteiger partial charge in [-0.25, -0.2) is 4.68 Å². The summed E-state index contributed by atoms with van der Waals surface area (Å²) < 4.78 is 7.19. The van der Waals surface area contributed by atoms with Crippen LogP contribution in [0, 0.1) is 20.8 Å². The molecule has 3 heteroatoms. The monoisotopic (exact) mass is 216 g/mol. The SMILES string of the molecule is COc1cc(C)c(-n2ccc(C)n2)cc1C. The summed E-state index contributed by atoms with van der Waals surface area (Å²) in [5, 5.41) is 4.41. The molecule has 2 rings (SSSR count). The van der Waals surface area contributed by atoms with Crippen molar-refractivity contribution in [3.8, 4) is 11.4 Å². The van der Waals surface area contributed by atoms with Crippen LogP contribution in [0.5, 0.6) is 5.75 Å². The van der Waals surface area contributed by atoms with Crippen molar-refractivity contribution in [2.24, 2.45) is 0 Å². The topological polar surface area (TPSA) is 27.1 Å². The molecule has 0 fully saturated rings. The predicted octanol–water partition coefficient (Wildman–Crippen LogP) is 2.81. The van der Waals surface area contributed by atoms with Crippen molar-refractivity contribution in [3.63, 3.8) is 0 Å². The number of hydrogen-bond acceptors (Lipinski definition) is 2. The third-order valence-corrected chi connectivity index (χ3v) is 2.68. The highest BCUT2D eigenvalue weighted by atomic mass is 16.5. The van der Waals surface area contributed by atoms with Gasteiger partial charge in [-0.15, -0.1) is 0 Å². The molecule has 0 unspecified atom stereocenters. The van der Waals surface area contributed by atoms with E-state index in [0.717, 1.165) is 28.3 Å². The van der Waals surface area contributed by atoms with Crippen LogP contribution in [-0.2, 0) is 0 Å². The van der Waals surface area contributed by atoms with Gasteiger partial charge < -0.3 is 4.74 Å². The maximum Gasteiger partial charge on any atom is 0.122 e. The molecule has 0 amide bonds. The summed E-state index contributed by atoms with van der Waals surface area (Å²) in [7, 11) is 1.69. The molecule has 0 aliphatic heterocycles. The number of methoxy groups -OCH3 is 1. The van der Waals surface area contributed by atoms with Crippen LogP contribution in [0.25, 0.3) is 5.69 Å². The summed E-state index contributed by atoms with van der Waals surface area (Å²) in [6, 6.07) is 6.14. The minimum absolute atomic E-state index is 0.921. The number of nitrogens with zero attached hydrogens (tertiary/aromatic N) is 2. The van der Waals surface area contributed by atoms with Gasteiger partial charge in [0.2, 0.25) is 0 Å². The van der Waals surface area contributed by atoms with Crippen LogP contribution in [0.4, 0.5) is 0 Å². The maximum absolute atomic E-state index is 5.29. The Labute approximate surface area is 95.7 Å². The van der Waals surface area contributed by atoms with Crippen molar-refractivity contribution < 1.29 is 4.74 Å². The van der Waals surface area contributed by atoms with Gasteiger partial charge >= 0.3 is 0 Å². The lowest BCUT2D eigenvalue weighted by Gasteiger charge is -2.11. The number of ether oxygens (including phenoxy) is 1. The minimum Gasteiger partial charge on any atom is -0.496 e. The van der Waals surface area contributed by atoms with Crippen LogP contribution in [-0.4, -0.2) is 16.9 Å². The van der Waals surface area contributed by atoms with Gasteiger partial charge in [-0.3, -0.25) is 0 Å². The fourth-order valence-corrected chi connectivity index (χ4v) is 1.79. The van der Waals surface area contributed by atoms with E-state index in [4.69, 9.17) is 4.74 Å². The molecule has 0 aliphatic rings. The molecule has 0 saturated heterocycles. The van der Waals surface area contributed by atoms with Crippen molar-refractivity contribution in [3.05, 3.63) is 41.2 Å². The molecule has 0 atom stereocenters. The Hall–Kier alpha value is -1.77. The number of hydrogen-bond donors (Lipinski definition) is 0. The van der Waals surface area contributed by atoms with Gasteiger partial charge in [0.25, 0.3) is 0 Å². The largest absolute Gasteiger partial charge is 0.496 e. The molecule has 3 nitrogen and oxygen atoms in total. The lowest BCUT2D eigenvalue weighted by atomic mass is 10.1. The van der Waals surface area contributed by atoms with Crippen LogP contribution >= 0.6 is 0 Å². The first-order valence-corrected chi connectivity index (χ1v) is 5.29. The number of rotatable bonds is 2. The van der Waals surface area contributed by atoms with E-state index in [2.05, 4.69) is 18.1 Å². The molecule has 1 heterocycles. The van der Waals surface area contributed by atoms with E-state index < -0.39 is 0 Å². The second kappa shape index (κ2) is 4.00. The Morgan fingerprint density at radius 3 is 2.44 bits per heavy atom. The third kappa shape index (κ3) is 1.81.